The summed E-state index contributed by atoms with van der Waals surface area (Å²) >= 11 is 10.8. The quantitative estimate of drug-likeness (QED) is 0.292. The number of benzene rings is 2. The number of nitrogens with zero attached hydrogens (tertiary/aromatic N) is 2. The first kappa shape index (κ1) is 30.9. The first-order valence-electron chi connectivity index (χ1n) is 11.4. The lowest BCUT2D eigenvalue weighted by atomic mass is 10.1. The molecule has 2 rings (SSSR count). The molecule has 0 fully saturated rings. The van der Waals surface area contributed by atoms with Gasteiger partial charge in [-0.2, -0.15) is 0 Å². The van der Waals surface area contributed by atoms with Crippen molar-refractivity contribution in [1.82, 2.24) is 19.2 Å². The molecule has 0 aliphatic heterocycles. The van der Waals surface area contributed by atoms with E-state index in [1.54, 1.807) is 24.3 Å². The van der Waals surface area contributed by atoms with Gasteiger partial charge in [0.25, 0.3) is 0 Å². The Morgan fingerprint density at radius 1 is 0.811 bits per heavy atom. The van der Waals surface area contributed by atoms with Crippen LogP contribution < -0.4 is 21.3 Å². The van der Waals surface area contributed by atoms with E-state index >= 15 is 0 Å². The zero-order chi connectivity index (χ0) is 27.8. The molecule has 14 heteroatoms. The van der Waals surface area contributed by atoms with E-state index in [9.17, 15) is 16.8 Å². The van der Waals surface area contributed by atoms with Crippen LogP contribution in [0.2, 0.25) is 0 Å². The smallest absolute Gasteiger partial charge is 0.242 e. The minimum absolute atomic E-state index is 0.0394. The minimum Gasteiger partial charge on any atom is -0.362 e. The van der Waals surface area contributed by atoms with Crippen molar-refractivity contribution in [2.75, 3.05) is 45.4 Å². The predicted octanol–water partition coefficient (Wildman–Crippen LogP) is 2.63. The van der Waals surface area contributed by atoms with Crippen LogP contribution in [-0.4, -0.2) is 76.4 Å². The van der Waals surface area contributed by atoms with Gasteiger partial charge in [-0.25, -0.2) is 25.4 Å². The highest BCUT2D eigenvalue weighted by Gasteiger charge is 2.18. The molecule has 0 amide bonds. The summed E-state index contributed by atoms with van der Waals surface area (Å²) in [5, 5.41) is 13.2. The van der Waals surface area contributed by atoms with Crippen LogP contribution in [0.1, 0.15) is 19.8 Å². The molecule has 2 aromatic rings. The highest BCUT2D eigenvalue weighted by atomic mass is 32.2. The number of rotatable bonds is 11. The molecule has 0 bridgehead atoms. The molecule has 1 unspecified atom stereocenters. The van der Waals surface area contributed by atoms with Crippen LogP contribution in [0.5, 0.6) is 0 Å². The molecular weight excluding hydrogens is 553 g/mol. The van der Waals surface area contributed by atoms with E-state index in [-0.39, 0.29) is 15.8 Å². The SMILES string of the molecule is CCC(CCNC(=S)Nc1cccc(S(=O)(=O)N(C)C)c1)NC(=S)Nc1cccc(S(=O)(=O)N(C)C)c1. The molecular formula is C23H34N6O4S4. The van der Waals surface area contributed by atoms with Gasteiger partial charge in [0.15, 0.2) is 10.2 Å². The fourth-order valence-electron chi connectivity index (χ4n) is 3.16. The maximum atomic E-state index is 12.4. The lowest BCUT2D eigenvalue weighted by Crippen LogP contribution is -2.40. The molecule has 0 aliphatic rings. The molecule has 37 heavy (non-hydrogen) atoms. The summed E-state index contributed by atoms with van der Waals surface area (Å²) in [7, 11) is -1.17. The van der Waals surface area contributed by atoms with Crippen molar-refractivity contribution < 1.29 is 16.8 Å². The van der Waals surface area contributed by atoms with Gasteiger partial charge in [-0.1, -0.05) is 19.1 Å². The van der Waals surface area contributed by atoms with Gasteiger partial charge >= 0.3 is 0 Å². The van der Waals surface area contributed by atoms with E-state index in [1.165, 1.54) is 52.5 Å². The Bertz CT molecular complexity index is 1310. The van der Waals surface area contributed by atoms with E-state index < -0.39 is 20.0 Å². The van der Waals surface area contributed by atoms with Crippen LogP contribution >= 0.6 is 24.4 Å². The molecule has 0 heterocycles. The molecule has 4 N–H and O–H groups in total. The van der Waals surface area contributed by atoms with E-state index in [0.29, 0.717) is 34.6 Å². The molecule has 0 aliphatic carbocycles. The van der Waals surface area contributed by atoms with E-state index in [0.717, 1.165) is 15.0 Å². The Hall–Kier alpha value is -2.36. The molecule has 2 aromatic carbocycles. The van der Waals surface area contributed by atoms with Crippen LogP contribution in [0.25, 0.3) is 0 Å². The zero-order valence-corrected chi connectivity index (χ0v) is 24.7. The Kier molecular flexibility index (Phi) is 11.2. The maximum absolute atomic E-state index is 12.4. The second-order valence-electron chi connectivity index (χ2n) is 8.50. The van der Waals surface area contributed by atoms with E-state index in [2.05, 4.69) is 21.3 Å². The van der Waals surface area contributed by atoms with Crippen molar-refractivity contribution in [3.8, 4) is 0 Å². The molecule has 0 aromatic heterocycles. The van der Waals surface area contributed by atoms with Crippen molar-refractivity contribution >= 4 is 66.1 Å². The number of thiocarbonyl (C=S) groups is 2. The van der Waals surface area contributed by atoms with Crippen molar-refractivity contribution in [2.45, 2.75) is 35.6 Å². The molecule has 1 atom stereocenters. The van der Waals surface area contributed by atoms with Crippen LogP contribution in [0.3, 0.4) is 0 Å². The van der Waals surface area contributed by atoms with Gasteiger partial charge in [-0.05, 0) is 73.7 Å². The van der Waals surface area contributed by atoms with Crippen LogP contribution in [-0.2, 0) is 20.0 Å². The van der Waals surface area contributed by atoms with E-state index in [4.69, 9.17) is 24.4 Å². The van der Waals surface area contributed by atoms with Crippen molar-refractivity contribution in [2.24, 2.45) is 0 Å². The Morgan fingerprint density at radius 3 is 1.70 bits per heavy atom. The summed E-state index contributed by atoms with van der Waals surface area (Å²) in [6.07, 6.45) is 1.49. The number of hydrogen-bond acceptors (Lipinski definition) is 6. The Balaban J connectivity index is 1.88. The zero-order valence-electron chi connectivity index (χ0n) is 21.5. The number of hydrogen-bond donors (Lipinski definition) is 4. The summed E-state index contributed by atoms with van der Waals surface area (Å²) in [5.74, 6) is 0. The van der Waals surface area contributed by atoms with E-state index in [1.807, 2.05) is 6.92 Å². The van der Waals surface area contributed by atoms with Gasteiger partial charge in [0.05, 0.1) is 9.79 Å². The summed E-state index contributed by atoms with van der Waals surface area (Å²) < 4.78 is 51.7. The van der Waals surface area contributed by atoms with Crippen molar-refractivity contribution in [3.05, 3.63) is 48.5 Å². The predicted molar refractivity (Wildman–Crippen MR) is 157 cm³/mol. The molecule has 0 spiro atoms. The second-order valence-corrected chi connectivity index (χ2v) is 13.6. The Morgan fingerprint density at radius 2 is 1.27 bits per heavy atom. The monoisotopic (exact) mass is 586 g/mol. The number of anilines is 2. The first-order valence-corrected chi connectivity index (χ1v) is 15.1. The summed E-state index contributed by atoms with van der Waals surface area (Å²) in [6, 6.07) is 13.0. The third kappa shape index (κ3) is 8.86. The minimum atomic E-state index is -3.55. The summed E-state index contributed by atoms with van der Waals surface area (Å²) in [5.41, 5.74) is 1.13. The highest BCUT2D eigenvalue weighted by Crippen LogP contribution is 2.19. The normalized spacial score (nSPS) is 12.7. The molecule has 204 valence electrons. The topological polar surface area (TPSA) is 123 Å². The average molecular weight is 587 g/mol. The van der Waals surface area contributed by atoms with Gasteiger partial charge in [-0.15, -0.1) is 0 Å². The largest absolute Gasteiger partial charge is 0.362 e. The first-order chi connectivity index (χ1) is 17.3. The Labute approximate surface area is 230 Å². The molecule has 0 radical (unpaired) electrons. The van der Waals surface area contributed by atoms with Gasteiger partial charge in [0, 0.05) is 52.2 Å². The lowest BCUT2D eigenvalue weighted by molar-refractivity contribution is 0.520. The lowest BCUT2D eigenvalue weighted by Gasteiger charge is -2.21. The van der Waals surface area contributed by atoms with Gasteiger partial charge in [0.2, 0.25) is 20.0 Å². The maximum Gasteiger partial charge on any atom is 0.242 e. The third-order valence-corrected chi connectivity index (χ3v) is 9.44. The number of nitrogens with one attached hydrogen (secondary N) is 4. The third-order valence-electron chi connectivity index (χ3n) is 5.35. The van der Waals surface area contributed by atoms with Gasteiger partial charge in [0.1, 0.15) is 0 Å². The molecule has 10 nitrogen and oxygen atoms in total. The summed E-state index contributed by atoms with van der Waals surface area (Å²) in [6.45, 7) is 2.57. The average Bonchev–Trinajstić information content (AvgIpc) is 2.83. The fourth-order valence-corrected chi connectivity index (χ4v) is 5.56. The van der Waals surface area contributed by atoms with Crippen molar-refractivity contribution in [1.29, 1.82) is 0 Å². The fraction of sp³-hybridized carbons (Fsp3) is 0.391. The van der Waals surface area contributed by atoms with Crippen LogP contribution in [0, 0.1) is 0 Å². The van der Waals surface area contributed by atoms with Crippen molar-refractivity contribution in [3.63, 3.8) is 0 Å². The van der Waals surface area contributed by atoms with Crippen LogP contribution in [0.15, 0.2) is 58.3 Å². The standard InChI is InChI=1S/C23H34N6O4S4/c1-6-17(25-23(35)27-19-10-8-12-21(16-19)37(32,33)29(4)5)13-14-24-22(34)26-18-9-7-11-20(15-18)36(30,31)28(2)3/h7-12,15-17H,6,13-14H2,1-5H3,(H2,24,26,34)(H2,25,27,35). The second kappa shape index (κ2) is 13.4. The number of sulfonamides is 2. The summed E-state index contributed by atoms with van der Waals surface area (Å²) in [4.78, 5) is 0.346. The highest BCUT2D eigenvalue weighted by molar-refractivity contribution is 7.89. The molecule has 0 saturated heterocycles. The van der Waals surface area contributed by atoms with Gasteiger partial charge < -0.3 is 21.3 Å². The van der Waals surface area contributed by atoms with Crippen LogP contribution in [0.4, 0.5) is 11.4 Å². The molecule has 0 saturated carbocycles. The van der Waals surface area contributed by atoms with Gasteiger partial charge in [-0.3, -0.25) is 0 Å².